The highest BCUT2D eigenvalue weighted by atomic mass is 16.5. The van der Waals surface area contributed by atoms with Gasteiger partial charge in [0.15, 0.2) is 0 Å². The molecule has 0 aliphatic rings. The molecule has 0 fully saturated rings. The van der Waals surface area contributed by atoms with E-state index in [1.54, 1.807) is 19.4 Å². The second-order valence-electron chi connectivity index (χ2n) is 2.48. The molecule has 0 aliphatic heterocycles. The van der Waals surface area contributed by atoms with E-state index in [4.69, 9.17) is 16.2 Å². The molecule has 4 N–H and O–H groups in total. The molecule has 1 unspecified atom stereocenters. The zero-order valence-corrected chi connectivity index (χ0v) is 7.03. The summed E-state index contributed by atoms with van der Waals surface area (Å²) >= 11 is 0. The molecule has 0 aromatic carbocycles. The van der Waals surface area contributed by atoms with Crippen LogP contribution in [0.3, 0.4) is 0 Å². The van der Waals surface area contributed by atoms with Gasteiger partial charge in [-0.1, -0.05) is 6.07 Å². The van der Waals surface area contributed by atoms with E-state index >= 15 is 0 Å². The first-order valence-corrected chi connectivity index (χ1v) is 3.73. The van der Waals surface area contributed by atoms with Gasteiger partial charge in [-0.3, -0.25) is 0 Å². The molecule has 12 heavy (non-hydrogen) atoms. The molecule has 0 amide bonds. The standard InChI is InChI=1S/C8H13N3O/c1-12-8-3-2-6(5-11-8)7(10)4-9/h2-3,5,7H,4,9-10H2,1H3. The lowest BCUT2D eigenvalue weighted by atomic mass is 10.1. The zero-order chi connectivity index (χ0) is 8.97. The van der Waals surface area contributed by atoms with E-state index in [9.17, 15) is 0 Å². The van der Waals surface area contributed by atoms with Gasteiger partial charge >= 0.3 is 0 Å². The van der Waals surface area contributed by atoms with Crippen LogP contribution in [0.2, 0.25) is 0 Å². The van der Waals surface area contributed by atoms with E-state index in [2.05, 4.69) is 4.98 Å². The maximum atomic E-state index is 5.68. The molecule has 0 radical (unpaired) electrons. The average molecular weight is 167 g/mol. The van der Waals surface area contributed by atoms with Crippen LogP contribution in [-0.2, 0) is 0 Å². The lowest BCUT2D eigenvalue weighted by Gasteiger charge is -2.08. The Hall–Kier alpha value is -1.13. The quantitative estimate of drug-likeness (QED) is 0.667. The van der Waals surface area contributed by atoms with Crippen LogP contribution >= 0.6 is 0 Å². The average Bonchev–Trinajstić information content (AvgIpc) is 2.17. The van der Waals surface area contributed by atoms with Crippen LogP contribution in [0.15, 0.2) is 18.3 Å². The Labute approximate surface area is 71.5 Å². The molecule has 1 aromatic rings. The molecule has 0 saturated carbocycles. The molecule has 1 rings (SSSR count). The van der Waals surface area contributed by atoms with E-state index in [-0.39, 0.29) is 6.04 Å². The number of nitrogens with two attached hydrogens (primary N) is 2. The van der Waals surface area contributed by atoms with Crippen molar-refractivity contribution < 1.29 is 4.74 Å². The van der Waals surface area contributed by atoms with Crippen molar-refractivity contribution in [1.82, 2.24) is 4.98 Å². The van der Waals surface area contributed by atoms with Crippen LogP contribution in [0.4, 0.5) is 0 Å². The predicted molar refractivity (Wildman–Crippen MR) is 46.8 cm³/mol. The highest BCUT2D eigenvalue weighted by Gasteiger charge is 2.03. The Bertz CT molecular complexity index is 235. The first-order chi connectivity index (χ1) is 5.77. The molecule has 1 heterocycles. The van der Waals surface area contributed by atoms with E-state index in [0.29, 0.717) is 12.4 Å². The molecule has 4 heteroatoms. The van der Waals surface area contributed by atoms with Crippen LogP contribution < -0.4 is 16.2 Å². The molecule has 0 aliphatic carbocycles. The normalized spacial score (nSPS) is 12.6. The van der Waals surface area contributed by atoms with Crippen molar-refractivity contribution >= 4 is 0 Å². The summed E-state index contributed by atoms with van der Waals surface area (Å²) in [4.78, 5) is 4.01. The highest BCUT2D eigenvalue weighted by Crippen LogP contribution is 2.11. The Kier molecular flexibility index (Phi) is 3.01. The van der Waals surface area contributed by atoms with Gasteiger partial charge in [0.2, 0.25) is 5.88 Å². The summed E-state index contributed by atoms with van der Waals surface area (Å²) in [6.45, 7) is 0.425. The number of pyridine rings is 1. The molecule has 0 bridgehead atoms. The van der Waals surface area contributed by atoms with Crippen molar-refractivity contribution in [2.75, 3.05) is 13.7 Å². The van der Waals surface area contributed by atoms with Gasteiger partial charge < -0.3 is 16.2 Å². The van der Waals surface area contributed by atoms with Gasteiger partial charge in [-0.25, -0.2) is 4.98 Å². The fourth-order valence-electron chi connectivity index (χ4n) is 0.868. The van der Waals surface area contributed by atoms with Gasteiger partial charge in [0.05, 0.1) is 7.11 Å². The van der Waals surface area contributed by atoms with Gasteiger partial charge in [-0.15, -0.1) is 0 Å². The number of nitrogens with zero attached hydrogens (tertiary/aromatic N) is 1. The lowest BCUT2D eigenvalue weighted by Crippen LogP contribution is -2.20. The minimum Gasteiger partial charge on any atom is -0.481 e. The third kappa shape index (κ3) is 1.93. The van der Waals surface area contributed by atoms with Gasteiger partial charge in [0.25, 0.3) is 0 Å². The predicted octanol–water partition coefficient (Wildman–Crippen LogP) is 0.0487. The van der Waals surface area contributed by atoms with Crippen LogP contribution in [0, 0.1) is 0 Å². The summed E-state index contributed by atoms with van der Waals surface area (Å²) < 4.78 is 4.90. The van der Waals surface area contributed by atoms with Crippen molar-refractivity contribution in [1.29, 1.82) is 0 Å². The number of hydrogen-bond acceptors (Lipinski definition) is 4. The van der Waals surface area contributed by atoms with E-state index in [1.807, 2.05) is 6.07 Å². The Balaban J connectivity index is 2.77. The first kappa shape index (κ1) is 8.96. The summed E-state index contributed by atoms with van der Waals surface area (Å²) in [6.07, 6.45) is 1.68. The summed E-state index contributed by atoms with van der Waals surface area (Å²) in [7, 11) is 1.57. The minimum absolute atomic E-state index is 0.136. The van der Waals surface area contributed by atoms with Crippen LogP contribution in [0.25, 0.3) is 0 Å². The number of methoxy groups -OCH3 is 1. The number of hydrogen-bond donors (Lipinski definition) is 2. The van der Waals surface area contributed by atoms with Gasteiger partial charge in [-0.05, 0) is 5.56 Å². The van der Waals surface area contributed by atoms with Gasteiger partial charge in [0, 0.05) is 24.8 Å². The monoisotopic (exact) mass is 167 g/mol. The SMILES string of the molecule is COc1ccc(C(N)CN)cn1. The molecular formula is C8H13N3O. The van der Waals surface area contributed by atoms with Crippen molar-refractivity contribution in [3.63, 3.8) is 0 Å². The summed E-state index contributed by atoms with van der Waals surface area (Å²) in [6, 6.07) is 3.50. The van der Waals surface area contributed by atoms with Crippen molar-refractivity contribution in [2.24, 2.45) is 11.5 Å². The maximum absolute atomic E-state index is 5.68. The Morgan fingerprint density at radius 1 is 1.58 bits per heavy atom. The molecule has 0 saturated heterocycles. The third-order valence-electron chi connectivity index (χ3n) is 1.65. The molecule has 1 atom stereocenters. The van der Waals surface area contributed by atoms with Crippen molar-refractivity contribution in [3.05, 3.63) is 23.9 Å². The second kappa shape index (κ2) is 4.04. The van der Waals surface area contributed by atoms with Crippen LogP contribution in [0.5, 0.6) is 5.88 Å². The van der Waals surface area contributed by atoms with Crippen LogP contribution in [-0.4, -0.2) is 18.6 Å². The van der Waals surface area contributed by atoms with E-state index < -0.39 is 0 Å². The highest BCUT2D eigenvalue weighted by molar-refractivity contribution is 5.20. The number of rotatable bonds is 3. The minimum atomic E-state index is -0.136. The molecule has 0 spiro atoms. The molecule has 66 valence electrons. The first-order valence-electron chi connectivity index (χ1n) is 3.73. The molecular weight excluding hydrogens is 154 g/mol. The Morgan fingerprint density at radius 3 is 2.75 bits per heavy atom. The zero-order valence-electron chi connectivity index (χ0n) is 7.03. The van der Waals surface area contributed by atoms with E-state index in [0.717, 1.165) is 5.56 Å². The van der Waals surface area contributed by atoms with Crippen molar-refractivity contribution in [3.8, 4) is 5.88 Å². The largest absolute Gasteiger partial charge is 0.481 e. The number of aromatic nitrogens is 1. The second-order valence-corrected chi connectivity index (χ2v) is 2.48. The topological polar surface area (TPSA) is 74.2 Å². The van der Waals surface area contributed by atoms with Gasteiger partial charge in [0.1, 0.15) is 0 Å². The lowest BCUT2D eigenvalue weighted by molar-refractivity contribution is 0.397. The summed E-state index contributed by atoms with van der Waals surface area (Å²) in [5, 5.41) is 0. The smallest absolute Gasteiger partial charge is 0.212 e. The fourth-order valence-corrected chi connectivity index (χ4v) is 0.868. The summed E-state index contributed by atoms with van der Waals surface area (Å²) in [5.41, 5.74) is 12.0. The molecule has 1 aromatic heterocycles. The molecule has 4 nitrogen and oxygen atoms in total. The maximum Gasteiger partial charge on any atom is 0.212 e. The third-order valence-corrected chi connectivity index (χ3v) is 1.65. The number of ether oxygens (including phenoxy) is 1. The van der Waals surface area contributed by atoms with Crippen molar-refractivity contribution in [2.45, 2.75) is 6.04 Å². The fraction of sp³-hybridized carbons (Fsp3) is 0.375. The van der Waals surface area contributed by atoms with E-state index in [1.165, 1.54) is 0 Å². The summed E-state index contributed by atoms with van der Waals surface area (Å²) in [5.74, 6) is 0.586. The van der Waals surface area contributed by atoms with Crippen LogP contribution in [0.1, 0.15) is 11.6 Å². The van der Waals surface area contributed by atoms with Gasteiger partial charge in [-0.2, -0.15) is 0 Å². The Morgan fingerprint density at radius 2 is 2.33 bits per heavy atom.